The van der Waals surface area contributed by atoms with Crippen LogP contribution in [0, 0.1) is 0 Å². The molecule has 0 aliphatic heterocycles. The largest absolute Gasteiger partial charge is 0.394 e. The Labute approximate surface area is 97.3 Å². The number of ether oxygens (including phenoxy) is 1. The maximum absolute atomic E-state index is 9.90. The van der Waals surface area contributed by atoms with Crippen molar-refractivity contribution in [2.24, 2.45) is 0 Å². The van der Waals surface area contributed by atoms with Crippen molar-refractivity contribution in [2.75, 3.05) is 26.4 Å². The van der Waals surface area contributed by atoms with Crippen LogP contribution in [0.5, 0.6) is 0 Å². The molecular formula is C12H23NO3. The molecule has 94 valence electrons. The zero-order valence-corrected chi connectivity index (χ0v) is 9.77. The van der Waals surface area contributed by atoms with Crippen molar-refractivity contribution in [3.05, 3.63) is 12.2 Å². The molecule has 0 aromatic carbocycles. The third-order valence-electron chi connectivity index (χ3n) is 2.79. The van der Waals surface area contributed by atoms with Crippen molar-refractivity contribution in [1.82, 2.24) is 5.32 Å². The molecule has 4 nitrogen and oxygen atoms in total. The minimum Gasteiger partial charge on any atom is -0.394 e. The first-order valence-corrected chi connectivity index (χ1v) is 6.09. The molecule has 0 heterocycles. The van der Waals surface area contributed by atoms with Crippen LogP contribution in [0.25, 0.3) is 0 Å². The minimum atomic E-state index is -0.261. The van der Waals surface area contributed by atoms with Crippen LogP contribution in [0.4, 0.5) is 0 Å². The molecule has 0 bridgehead atoms. The summed E-state index contributed by atoms with van der Waals surface area (Å²) in [5.74, 6) is 0. The van der Waals surface area contributed by atoms with Crippen LogP contribution in [-0.2, 0) is 4.74 Å². The highest BCUT2D eigenvalue weighted by molar-refractivity contribution is 4.90. The summed E-state index contributed by atoms with van der Waals surface area (Å²) in [7, 11) is 0. The summed E-state index contributed by atoms with van der Waals surface area (Å²) >= 11 is 0. The fraction of sp³-hybridized carbons (Fsp3) is 0.833. The molecule has 16 heavy (non-hydrogen) atoms. The summed E-state index contributed by atoms with van der Waals surface area (Å²) < 4.78 is 5.16. The molecular weight excluding hydrogens is 206 g/mol. The second-order valence-electron chi connectivity index (χ2n) is 4.09. The molecule has 0 saturated heterocycles. The Hall–Kier alpha value is -0.420. The molecule has 4 heteroatoms. The second kappa shape index (κ2) is 8.70. The van der Waals surface area contributed by atoms with E-state index < -0.39 is 0 Å². The lowest BCUT2D eigenvalue weighted by atomic mass is 9.98. The van der Waals surface area contributed by atoms with Gasteiger partial charge in [0.15, 0.2) is 0 Å². The fourth-order valence-electron chi connectivity index (χ4n) is 1.89. The van der Waals surface area contributed by atoms with Crippen LogP contribution in [0.15, 0.2) is 12.2 Å². The van der Waals surface area contributed by atoms with Crippen molar-refractivity contribution in [3.63, 3.8) is 0 Å². The zero-order valence-electron chi connectivity index (χ0n) is 9.77. The maximum Gasteiger partial charge on any atom is 0.0698 e. The third-order valence-corrected chi connectivity index (χ3v) is 2.79. The van der Waals surface area contributed by atoms with Gasteiger partial charge in [-0.1, -0.05) is 12.2 Å². The van der Waals surface area contributed by atoms with Gasteiger partial charge in [-0.25, -0.2) is 0 Å². The van der Waals surface area contributed by atoms with Crippen molar-refractivity contribution in [2.45, 2.75) is 37.8 Å². The smallest absolute Gasteiger partial charge is 0.0698 e. The molecule has 0 spiro atoms. The Morgan fingerprint density at radius 1 is 1.19 bits per heavy atom. The molecule has 2 unspecified atom stereocenters. The Balaban J connectivity index is 2.15. The van der Waals surface area contributed by atoms with Crippen LogP contribution in [0.1, 0.15) is 25.7 Å². The zero-order chi connectivity index (χ0) is 11.6. The van der Waals surface area contributed by atoms with E-state index in [9.17, 15) is 5.11 Å². The highest BCUT2D eigenvalue weighted by atomic mass is 16.5. The van der Waals surface area contributed by atoms with E-state index in [-0.39, 0.29) is 18.8 Å². The van der Waals surface area contributed by atoms with E-state index in [0.717, 1.165) is 32.2 Å². The van der Waals surface area contributed by atoms with E-state index >= 15 is 0 Å². The van der Waals surface area contributed by atoms with Gasteiger partial charge in [0.05, 0.1) is 25.9 Å². The van der Waals surface area contributed by atoms with E-state index in [2.05, 4.69) is 17.5 Å². The lowest BCUT2D eigenvalue weighted by molar-refractivity contribution is 0.0797. The number of allylic oxidation sites excluding steroid dienone is 2. The van der Waals surface area contributed by atoms with Gasteiger partial charge in [0.2, 0.25) is 0 Å². The van der Waals surface area contributed by atoms with Gasteiger partial charge in [0.25, 0.3) is 0 Å². The van der Waals surface area contributed by atoms with Gasteiger partial charge >= 0.3 is 0 Å². The van der Waals surface area contributed by atoms with Gasteiger partial charge in [-0.05, 0) is 25.7 Å². The Kier molecular flexibility index (Phi) is 7.42. The van der Waals surface area contributed by atoms with Gasteiger partial charge in [0.1, 0.15) is 0 Å². The van der Waals surface area contributed by atoms with Crippen LogP contribution in [0.2, 0.25) is 0 Å². The van der Waals surface area contributed by atoms with Crippen molar-refractivity contribution in [1.29, 1.82) is 0 Å². The number of rotatable bonds is 6. The molecule has 0 radical (unpaired) electrons. The van der Waals surface area contributed by atoms with E-state index in [1.807, 2.05) is 0 Å². The predicted octanol–water partition coefficient (Wildman–Crippen LogP) is 0.445. The Morgan fingerprint density at radius 3 is 2.69 bits per heavy atom. The first-order chi connectivity index (χ1) is 7.84. The lowest BCUT2D eigenvalue weighted by Crippen LogP contribution is -2.41. The number of hydrogen-bond acceptors (Lipinski definition) is 4. The van der Waals surface area contributed by atoms with Crippen LogP contribution >= 0.6 is 0 Å². The standard InChI is InChI=1S/C12H23NO3/c14-8-10-16-9-7-13-11-5-3-1-2-4-6-12(11)15/h1-2,11-15H,3-10H2/b2-1-. The van der Waals surface area contributed by atoms with E-state index in [1.165, 1.54) is 0 Å². The predicted molar refractivity (Wildman–Crippen MR) is 63.3 cm³/mol. The summed E-state index contributed by atoms with van der Waals surface area (Å²) in [5, 5.41) is 21.7. The second-order valence-corrected chi connectivity index (χ2v) is 4.09. The first-order valence-electron chi connectivity index (χ1n) is 6.09. The maximum atomic E-state index is 9.90. The average Bonchev–Trinajstić information content (AvgIpc) is 2.27. The molecule has 1 aliphatic rings. The minimum absolute atomic E-state index is 0.0663. The normalized spacial score (nSPS) is 28.4. The molecule has 1 aliphatic carbocycles. The van der Waals surface area contributed by atoms with Gasteiger partial charge in [-0.15, -0.1) is 0 Å². The Bertz CT molecular complexity index is 197. The summed E-state index contributed by atoms with van der Waals surface area (Å²) in [6.07, 6.45) is 7.84. The lowest BCUT2D eigenvalue weighted by Gasteiger charge is -2.24. The van der Waals surface area contributed by atoms with E-state index in [0.29, 0.717) is 13.2 Å². The van der Waals surface area contributed by atoms with Crippen LogP contribution in [-0.4, -0.2) is 48.7 Å². The highest BCUT2D eigenvalue weighted by Gasteiger charge is 2.18. The first kappa shape index (κ1) is 13.6. The molecule has 0 fully saturated rings. The fourth-order valence-corrected chi connectivity index (χ4v) is 1.89. The topological polar surface area (TPSA) is 61.7 Å². The molecule has 0 saturated carbocycles. The number of nitrogens with one attached hydrogen (secondary N) is 1. The van der Waals surface area contributed by atoms with Gasteiger partial charge < -0.3 is 20.3 Å². The van der Waals surface area contributed by atoms with Gasteiger partial charge in [-0.2, -0.15) is 0 Å². The molecule has 2 atom stereocenters. The Morgan fingerprint density at radius 2 is 1.94 bits per heavy atom. The number of aliphatic hydroxyl groups excluding tert-OH is 2. The summed E-state index contributed by atoms with van der Waals surface area (Å²) in [6, 6.07) is 0.169. The average molecular weight is 229 g/mol. The van der Waals surface area contributed by atoms with Gasteiger partial charge in [-0.3, -0.25) is 0 Å². The van der Waals surface area contributed by atoms with Crippen molar-refractivity contribution >= 4 is 0 Å². The van der Waals surface area contributed by atoms with Gasteiger partial charge in [0, 0.05) is 12.6 Å². The quantitative estimate of drug-likeness (QED) is 0.457. The SMILES string of the molecule is OCCOCCNC1CC/C=C\CCC1O. The third kappa shape index (κ3) is 5.61. The summed E-state index contributed by atoms with van der Waals surface area (Å²) in [6.45, 7) is 1.76. The number of hydrogen-bond donors (Lipinski definition) is 3. The number of aliphatic hydroxyl groups is 2. The molecule has 1 rings (SSSR count). The molecule has 0 aromatic heterocycles. The summed E-state index contributed by atoms with van der Waals surface area (Å²) in [5.41, 5.74) is 0. The monoisotopic (exact) mass is 229 g/mol. The van der Waals surface area contributed by atoms with E-state index in [4.69, 9.17) is 9.84 Å². The van der Waals surface area contributed by atoms with Crippen LogP contribution in [0.3, 0.4) is 0 Å². The molecule has 3 N–H and O–H groups in total. The molecule has 0 aromatic rings. The van der Waals surface area contributed by atoms with Crippen molar-refractivity contribution < 1.29 is 14.9 Å². The highest BCUT2D eigenvalue weighted by Crippen LogP contribution is 2.12. The molecule has 0 amide bonds. The van der Waals surface area contributed by atoms with Crippen molar-refractivity contribution in [3.8, 4) is 0 Å². The summed E-state index contributed by atoms with van der Waals surface area (Å²) in [4.78, 5) is 0. The van der Waals surface area contributed by atoms with Crippen LogP contribution < -0.4 is 5.32 Å². The van der Waals surface area contributed by atoms with E-state index in [1.54, 1.807) is 0 Å².